The smallest absolute Gasteiger partial charge is 0.145 e. The zero-order chi connectivity index (χ0) is 22.2. The minimum atomic E-state index is -0.988. The molecule has 1 saturated heterocycles. The van der Waals surface area contributed by atoms with E-state index in [0.29, 0.717) is 24.1 Å². The Hall–Kier alpha value is -2.88. The van der Waals surface area contributed by atoms with Gasteiger partial charge in [-0.3, -0.25) is 0 Å². The van der Waals surface area contributed by atoms with Crippen molar-refractivity contribution in [3.05, 3.63) is 59.8 Å². The summed E-state index contributed by atoms with van der Waals surface area (Å²) in [5.74, 6) is -0.367. The van der Waals surface area contributed by atoms with Gasteiger partial charge in [0.25, 0.3) is 0 Å². The highest BCUT2D eigenvalue weighted by atomic mass is 19.1. The van der Waals surface area contributed by atoms with Gasteiger partial charge < -0.3 is 23.9 Å². The summed E-state index contributed by atoms with van der Waals surface area (Å²) in [7, 11) is 0. The van der Waals surface area contributed by atoms with Gasteiger partial charge in [0.15, 0.2) is 0 Å². The van der Waals surface area contributed by atoms with Crippen molar-refractivity contribution in [1.82, 2.24) is 23.9 Å². The van der Waals surface area contributed by atoms with Gasteiger partial charge >= 0.3 is 0 Å². The van der Waals surface area contributed by atoms with E-state index in [9.17, 15) is 14.6 Å². The second kappa shape index (κ2) is 6.81. The van der Waals surface area contributed by atoms with Crippen LogP contribution in [0.5, 0.6) is 0 Å². The highest BCUT2D eigenvalue weighted by Crippen LogP contribution is 2.55. The Morgan fingerprint density at radius 2 is 2.03 bits per heavy atom. The van der Waals surface area contributed by atoms with Crippen LogP contribution in [0.1, 0.15) is 41.9 Å². The molecule has 2 fully saturated rings. The van der Waals surface area contributed by atoms with Crippen molar-refractivity contribution < 1.29 is 19.3 Å². The number of hydrogen-bond acceptors (Lipinski definition) is 6. The molecule has 4 aromatic heterocycles. The lowest BCUT2D eigenvalue weighted by molar-refractivity contribution is -0.0309. The largest absolute Gasteiger partial charge is 0.390 e. The van der Waals surface area contributed by atoms with Crippen LogP contribution in [0.25, 0.3) is 16.7 Å². The molecule has 2 aliphatic rings. The summed E-state index contributed by atoms with van der Waals surface area (Å²) in [6, 6.07) is 3.28. The highest BCUT2D eigenvalue weighted by Gasteiger charge is 2.57. The van der Waals surface area contributed by atoms with E-state index in [1.165, 1.54) is 12.5 Å². The molecule has 0 amide bonds. The third-order valence-electron chi connectivity index (χ3n) is 7.35. The van der Waals surface area contributed by atoms with Crippen LogP contribution in [0.3, 0.4) is 0 Å². The van der Waals surface area contributed by atoms with Crippen LogP contribution in [0.2, 0.25) is 0 Å². The van der Waals surface area contributed by atoms with Gasteiger partial charge in [0.1, 0.15) is 29.5 Å². The molecule has 0 aromatic carbocycles. The average molecular weight is 437 g/mol. The molecule has 5 atom stereocenters. The molecule has 5 heterocycles. The predicted molar refractivity (Wildman–Crippen MR) is 114 cm³/mol. The number of aryl methyl sites for hydroxylation is 2. The fraction of sp³-hybridized carbons (Fsp3) is 0.435. The predicted octanol–water partition coefficient (Wildman–Crippen LogP) is 2.65. The molecule has 5 unspecified atom stereocenters. The Morgan fingerprint density at radius 3 is 2.88 bits per heavy atom. The second-order valence-corrected chi connectivity index (χ2v) is 9.20. The second-order valence-electron chi connectivity index (χ2n) is 9.20. The first-order valence-corrected chi connectivity index (χ1v) is 10.8. The van der Waals surface area contributed by atoms with E-state index < -0.39 is 23.7 Å². The van der Waals surface area contributed by atoms with Gasteiger partial charge in [0, 0.05) is 40.6 Å². The van der Waals surface area contributed by atoms with E-state index in [-0.39, 0.29) is 18.5 Å². The van der Waals surface area contributed by atoms with Crippen molar-refractivity contribution in [3.8, 4) is 0 Å². The van der Waals surface area contributed by atoms with Gasteiger partial charge in [-0.2, -0.15) is 0 Å². The summed E-state index contributed by atoms with van der Waals surface area (Å²) in [5, 5.41) is 23.0. The van der Waals surface area contributed by atoms with Crippen LogP contribution in [-0.4, -0.2) is 52.9 Å². The summed E-state index contributed by atoms with van der Waals surface area (Å²) < 4.78 is 24.6. The number of fused-ring (bicyclic) bond motifs is 2. The number of rotatable bonds is 2. The first-order chi connectivity index (χ1) is 15.4. The van der Waals surface area contributed by atoms with E-state index in [1.807, 2.05) is 30.7 Å². The molecule has 166 valence electrons. The Bertz CT molecular complexity index is 1350. The minimum Gasteiger partial charge on any atom is -0.390 e. The number of hydrogen-bond donors (Lipinski definition) is 2. The molecule has 0 radical (unpaired) electrons. The Morgan fingerprint density at radius 1 is 1.19 bits per heavy atom. The number of ether oxygens (including phenoxy) is 1. The maximum absolute atomic E-state index is 14.9. The molecule has 4 aromatic rings. The maximum Gasteiger partial charge on any atom is 0.145 e. The fourth-order valence-electron chi connectivity index (χ4n) is 5.54. The molecular weight excluding hydrogens is 413 g/mol. The molecule has 9 heteroatoms. The van der Waals surface area contributed by atoms with E-state index >= 15 is 0 Å². The minimum absolute atomic E-state index is 0.248. The van der Waals surface area contributed by atoms with Crippen molar-refractivity contribution in [2.75, 3.05) is 6.61 Å². The fourth-order valence-corrected chi connectivity index (χ4v) is 5.54. The van der Waals surface area contributed by atoms with E-state index in [2.05, 4.69) is 15.0 Å². The summed E-state index contributed by atoms with van der Waals surface area (Å²) in [6.07, 6.45) is 4.96. The van der Waals surface area contributed by atoms with E-state index in [0.717, 1.165) is 22.4 Å². The van der Waals surface area contributed by atoms with Crippen molar-refractivity contribution >= 4 is 16.7 Å². The number of aromatic nitrogens is 5. The number of nitrogens with zero attached hydrogens (tertiary/aromatic N) is 5. The average Bonchev–Trinajstić information content (AvgIpc) is 3.53. The van der Waals surface area contributed by atoms with Gasteiger partial charge in [0.05, 0.1) is 30.6 Å². The normalized spacial score (nSPS) is 30.3. The van der Waals surface area contributed by atoms with Crippen molar-refractivity contribution in [1.29, 1.82) is 0 Å². The standard InChI is InChI=1S/C23H24FN5O3/c1-12-8-25-19-5-15(16(24)9-29(12)19)18-7-23(10-32-18)6-17(20(30)21(23)31)28-4-3-14-13(2)26-11-27-22(14)28/h3-5,8-9,11,17-18,20-21,30-31H,6-7,10H2,1-2H3. The SMILES string of the molecule is Cc1ncnc2c1ccn2C1CC2(COC(c3cc4ncc(C)n4cc3F)C2)C(O)C1O. The number of halogens is 1. The Labute approximate surface area is 183 Å². The Kier molecular flexibility index (Phi) is 4.21. The third-order valence-corrected chi connectivity index (χ3v) is 7.35. The number of aliphatic hydroxyl groups is 2. The molecule has 6 rings (SSSR count). The quantitative estimate of drug-likeness (QED) is 0.500. The summed E-state index contributed by atoms with van der Waals surface area (Å²) in [5.41, 5.74) is 2.86. The topological polar surface area (TPSA) is 97.7 Å². The molecule has 1 saturated carbocycles. The zero-order valence-corrected chi connectivity index (χ0v) is 17.8. The first kappa shape index (κ1) is 19.8. The first-order valence-electron chi connectivity index (χ1n) is 10.8. The summed E-state index contributed by atoms with van der Waals surface area (Å²) in [6.45, 7) is 4.03. The van der Waals surface area contributed by atoms with Gasteiger partial charge in [-0.1, -0.05) is 0 Å². The molecule has 1 aliphatic heterocycles. The molecular formula is C23H24FN5O3. The van der Waals surface area contributed by atoms with E-state index in [1.54, 1.807) is 16.7 Å². The molecule has 2 N–H and O–H groups in total. The maximum atomic E-state index is 14.9. The Balaban J connectivity index is 1.33. The van der Waals surface area contributed by atoms with Gasteiger partial charge in [0.2, 0.25) is 0 Å². The van der Waals surface area contributed by atoms with Crippen LogP contribution < -0.4 is 0 Å². The van der Waals surface area contributed by atoms with E-state index in [4.69, 9.17) is 4.74 Å². The molecule has 8 nitrogen and oxygen atoms in total. The molecule has 32 heavy (non-hydrogen) atoms. The van der Waals surface area contributed by atoms with Gasteiger partial charge in [-0.15, -0.1) is 0 Å². The monoisotopic (exact) mass is 437 g/mol. The lowest BCUT2D eigenvalue weighted by Crippen LogP contribution is -2.37. The van der Waals surface area contributed by atoms with Crippen LogP contribution in [-0.2, 0) is 4.74 Å². The lowest BCUT2D eigenvalue weighted by atomic mass is 9.80. The van der Waals surface area contributed by atoms with Crippen molar-refractivity contribution in [2.24, 2.45) is 5.41 Å². The van der Waals surface area contributed by atoms with Crippen molar-refractivity contribution in [3.63, 3.8) is 0 Å². The molecule has 1 aliphatic carbocycles. The van der Waals surface area contributed by atoms with Crippen LogP contribution in [0.15, 0.2) is 37.1 Å². The number of aliphatic hydroxyl groups excluding tert-OH is 2. The van der Waals surface area contributed by atoms with Crippen LogP contribution in [0.4, 0.5) is 4.39 Å². The summed E-state index contributed by atoms with van der Waals surface area (Å²) >= 11 is 0. The van der Waals surface area contributed by atoms with Crippen LogP contribution in [0, 0.1) is 25.1 Å². The zero-order valence-electron chi connectivity index (χ0n) is 17.8. The highest BCUT2D eigenvalue weighted by molar-refractivity contribution is 5.78. The summed E-state index contributed by atoms with van der Waals surface area (Å²) in [4.78, 5) is 12.9. The van der Waals surface area contributed by atoms with Crippen molar-refractivity contribution in [2.45, 2.75) is 51.0 Å². The number of pyridine rings is 1. The molecule has 0 bridgehead atoms. The molecule has 1 spiro atoms. The third kappa shape index (κ3) is 2.68. The van der Waals surface area contributed by atoms with Gasteiger partial charge in [-0.05, 0) is 38.8 Å². The number of imidazole rings is 1. The van der Waals surface area contributed by atoms with Crippen LogP contribution >= 0.6 is 0 Å². The van der Waals surface area contributed by atoms with Gasteiger partial charge in [-0.25, -0.2) is 19.3 Å². The lowest BCUT2D eigenvalue weighted by Gasteiger charge is -2.26.